The Kier molecular flexibility index (Phi) is 6.72. The topological polar surface area (TPSA) is 0 Å². The molecule has 0 heterocycles. The van der Waals surface area contributed by atoms with E-state index in [2.05, 4.69) is 62.3 Å². The highest BCUT2D eigenvalue weighted by molar-refractivity contribution is 5.43. The Hall–Kier alpha value is -1.74. The van der Waals surface area contributed by atoms with Gasteiger partial charge in [-0.3, -0.25) is 0 Å². The van der Waals surface area contributed by atoms with Gasteiger partial charge in [-0.1, -0.05) is 68.2 Å². The van der Waals surface area contributed by atoms with Gasteiger partial charge in [-0.15, -0.1) is 6.58 Å². The van der Waals surface area contributed by atoms with Gasteiger partial charge in [0.1, 0.15) is 0 Å². The predicted molar refractivity (Wildman–Crippen MR) is 102 cm³/mol. The van der Waals surface area contributed by atoms with Gasteiger partial charge in [0.05, 0.1) is 5.92 Å². The van der Waals surface area contributed by atoms with Crippen molar-refractivity contribution in [3.05, 3.63) is 60.8 Å². The summed E-state index contributed by atoms with van der Waals surface area (Å²) in [6, 6.07) is 0. The minimum Gasteiger partial charge on any atom is -0.102 e. The molecule has 0 saturated carbocycles. The first-order valence-corrected chi connectivity index (χ1v) is 8.99. The lowest BCUT2D eigenvalue weighted by atomic mass is 9.79. The molecule has 0 heteroatoms. The predicted octanol–water partition coefficient (Wildman–Crippen LogP) is 6.25. The molecular formula is C23H30. The molecule has 4 unspecified atom stereocenters. The lowest BCUT2D eigenvalue weighted by Gasteiger charge is -2.25. The van der Waals surface area contributed by atoms with E-state index in [4.69, 9.17) is 0 Å². The fraction of sp³-hybridized carbons (Fsp3) is 0.478. The first-order valence-electron chi connectivity index (χ1n) is 8.99. The second-order valence-corrected chi connectivity index (χ2v) is 6.61. The van der Waals surface area contributed by atoms with Gasteiger partial charge in [0.25, 0.3) is 0 Å². The maximum absolute atomic E-state index is 4.11. The highest BCUT2D eigenvalue weighted by Gasteiger charge is 2.39. The minimum atomic E-state index is 0.157. The first kappa shape index (κ1) is 17.6. The molecule has 0 aromatic carbocycles. The molecule has 0 amide bonds. The molecule has 2 rings (SSSR count). The minimum absolute atomic E-state index is 0.157. The molecule has 4 atom stereocenters. The van der Waals surface area contributed by atoms with Crippen LogP contribution in [0.1, 0.15) is 46.0 Å². The van der Waals surface area contributed by atoms with Crippen molar-refractivity contribution in [1.82, 2.24) is 0 Å². The van der Waals surface area contributed by atoms with Gasteiger partial charge in [-0.2, -0.15) is 0 Å². The largest absolute Gasteiger partial charge is 0.102 e. The average Bonchev–Trinajstić information content (AvgIpc) is 2.78. The number of hydrogen-bond acceptors (Lipinski definition) is 0. The van der Waals surface area contributed by atoms with Crippen molar-refractivity contribution in [3.63, 3.8) is 0 Å². The SMILES string of the molecule is C=CC1=C(C(C#CC/C=C\C)C=C)C(C)C2CCCC/C=C\C12. The number of rotatable bonds is 4. The molecule has 0 aromatic heterocycles. The monoisotopic (exact) mass is 306 g/mol. The highest BCUT2D eigenvalue weighted by atomic mass is 14.4. The van der Waals surface area contributed by atoms with E-state index in [0.717, 1.165) is 6.42 Å². The van der Waals surface area contributed by atoms with Crippen LogP contribution in [0.5, 0.6) is 0 Å². The Balaban J connectivity index is 2.35. The van der Waals surface area contributed by atoms with Crippen molar-refractivity contribution in [2.45, 2.75) is 46.0 Å². The summed E-state index contributed by atoms with van der Waals surface area (Å²) in [5.74, 6) is 8.67. The van der Waals surface area contributed by atoms with Crippen LogP contribution in [-0.2, 0) is 0 Å². The first-order chi connectivity index (χ1) is 11.2. The van der Waals surface area contributed by atoms with Crippen LogP contribution in [0.3, 0.4) is 0 Å². The zero-order valence-electron chi connectivity index (χ0n) is 14.7. The van der Waals surface area contributed by atoms with Gasteiger partial charge in [0, 0.05) is 12.3 Å². The number of fused-ring (bicyclic) bond motifs is 1. The van der Waals surface area contributed by atoms with Crippen molar-refractivity contribution < 1.29 is 0 Å². The zero-order valence-corrected chi connectivity index (χ0v) is 14.7. The molecule has 122 valence electrons. The van der Waals surface area contributed by atoms with Crippen LogP contribution < -0.4 is 0 Å². The van der Waals surface area contributed by atoms with Crippen molar-refractivity contribution in [2.24, 2.45) is 23.7 Å². The molecule has 23 heavy (non-hydrogen) atoms. The van der Waals surface area contributed by atoms with Crippen LogP contribution in [0.25, 0.3) is 0 Å². The standard InChI is InChI=1S/C23H30/c1-5-8-9-12-15-19(6-2)23-18(4)21-16-13-10-11-14-17-22(21)20(23)7-3/h5-8,14,17-19,21-22H,2-3,9-11,13,16H2,1,4H3/b8-5-,17-14-. The van der Waals surface area contributed by atoms with E-state index in [0.29, 0.717) is 17.8 Å². The smallest absolute Gasteiger partial charge is 0.0598 e. The Morgan fingerprint density at radius 2 is 2.17 bits per heavy atom. The molecule has 0 spiro atoms. The van der Waals surface area contributed by atoms with E-state index >= 15 is 0 Å². The van der Waals surface area contributed by atoms with Gasteiger partial charge in [0.2, 0.25) is 0 Å². The molecule has 0 bridgehead atoms. The van der Waals surface area contributed by atoms with E-state index in [1.165, 1.54) is 36.8 Å². The van der Waals surface area contributed by atoms with Crippen LogP contribution in [-0.4, -0.2) is 0 Å². The van der Waals surface area contributed by atoms with E-state index in [1.807, 2.05) is 13.0 Å². The normalized spacial score (nSPS) is 29.9. The number of hydrogen-bond donors (Lipinski definition) is 0. The highest BCUT2D eigenvalue weighted by Crippen LogP contribution is 2.48. The summed E-state index contributed by atoms with van der Waals surface area (Å²) in [7, 11) is 0. The van der Waals surface area contributed by atoms with Crippen molar-refractivity contribution in [3.8, 4) is 11.8 Å². The third kappa shape index (κ3) is 3.97. The second-order valence-electron chi connectivity index (χ2n) is 6.61. The molecule has 2 aliphatic carbocycles. The Morgan fingerprint density at radius 1 is 1.35 bits per heavy atom. The quantitative estimate of drug-likeness (QED) is 0.425. The molecule has 0 aliphatic heterocycles. The molecule has 0 radical (unpaired) electrons. The molecular weight excluding hydrogens is 276 g/mol. The van der Waals surface area contributed by atoms with Crippen molar-refractivity contribution in [1.29, 1.82) is 0 Å². The summed E-state index contributed by atoms with van der Waals surface area (Å²) < 4.78 is 0. The van der Waals surface area contributed by atoms with Crippen LogP contribution in [0.15, 0.2) is 60.8 Å². The second kappa shape index (κ2) is 8.78. The zero-order chi connectivity index (χ0) is 16.7. The maximum atomic E-state index is 4.11. The number of allylic oxidation sites excluding steroid dienone is 8. The molecule has 0 aromatic rings. The molecule has 0 saturated heterocycles. The van der Waals surface area contributed by atoms with Crippen LogP contribution in [0, 0.1) is 35.5 Å². The summed E-state index contributed by atoms with van der Waals surface area (Å²) >= 11 is 0. The summed E-state index contributed by atoms with van der Waals surface area (Å²) in [5.41, 5.74) is 2.87. The summed E-state index contributed by atoms with van der Waals surface area (Å²) in [6.07, 6.45) is 19.0. The fourth-order valence-electron chi connectivity index (χ4n) is 4.11. The summed E-state index contributed by atoms with van der Waals surface area (Å²) in [6.45, 7) is 12.6. The van der Waals surface area contributed by atoms with E-state index < -0.39 is 0 Å². The summed E-state index contributed by atoms with van der Waals surface area (Å²) in [4.78, 5) is 0. The molecule has 2 aliphatic rings. The summed E-state index contributed by atoms with van der Waals surface area (Å²) in [5, 5.41) is 0. The fourth-order valence-corrected chi connectivity index (χ4v) is 4.11. The van der Waals surface area contributed by atoms with Crippen LogP contribution in [0.4, 0.5) is 0 Å². The van der Waals surface area contributed by atoms with Crippen molar-refractivity contribution in [2.75, 3.05) is 0 Å². The van der Waals surface area contributed by atoms with Gasteiger partial charge < -0.3 is 0 Å². The van der Waals surface area contributed by atoms with E-state index in [9.17, 15) is 0 Å². The van der Waals surface area contributed by atoms with Crippen LogP contribution in [0.2, 0.25) is 0 Å². The van der Waals surface area contributed by atoms with E-state index in [-0.39, 0.29) is 5.92 Å². The third-order valence-corrected chi connectivity index (χ3v) is 5.29. The van der Waals surface area contributed by atoms with Gasteiger partial charge in [-0.25, -0.2) is 0 Å². The molecule has 0 nitrogen and oxygen atoms in total. The Morgan fingerprint density at radius 3 is 2.87 bits per heavy atom. The van der Waals surface area contributed by atoms with Gasteiger partial charge in [-0.05, 0) is 49.2 Å². The average molecular weight is 306 g/mol. The van der Waals surface area contributed by atoms with Gasteiger partial charge in [0.15, 0.2) is 0 Å². The van der Waals surface area contributed by atoms with E-state index in [1.54, 1.807) is 0 Å². The Labute approximate surface area is 142 Å². The lowest BCUT2D eigenvalue weighted by Crippen LogP contribution is -2.17. The lowest BCUT2D eigenvalue weighted by molar-refractivity contribution is 0.335. The molecule has 0 N–H and O–H groups in total. The maximum Gasteiger partial charge on any atom is 0.0598 e. The molecule has 0 fully saturated rings. The van der Waals surface area contributed by atoms with Crippen molar-refractivity contribution >= 4 is 0 Å². The third-order valence-electron chi connectivity index (χ3n) is 5.29. The van der Waals surface area contributed by atoms with Crippen LogP contribution >= 0.6 is 0 Å². The van der Waals surface area contributed by atoms with Gasteiger partial charge >= 0.3 is 0 Å². The Bertz CT molecular complexity index is 573.